The average Bonchev–Trinajstić information content (AvgIpc) is 2.30. The first-order valence-corrected chi connectivity index (χ1v) is 7.42. The molecule has 6 N–H and O–H groups in total. The molecule has 0 unspecified atom stereocenters. The minimum Gasteiger partial charge on any atom is -0.376 e. The molecule has 0 aromatic carbocycles. The third-order valence-electron chi connectivity index (χ3n) is 2.58. The third-order valence-corrected chi connectivity index (χ3v) is 2.79. The lowest BCUT2D eigenvalue weighted by Crippen LogP contribution is -2.34. The van der Waals surface area contributed by atoms with Gasteiger partial charge in [-0.25, -0.2) is 0 Å². The van der Waals surface area contributed by atoms with Crippen LogP contribution in [0.15, 0.2) is 0 Å². The van der Waals surface area contributed by atoms with E-state index < -0.39 is 0 Å². The summed E-state index contributed by atoms with van der Waals surface area (Å²) in [5, 5.41) is 4.81. The molecule has 0 heterocycles. The summed E-state index contributed by atoms with van der Waals surface area (Å²) in [5.41, 5.74) is 10.4. The maximum atomic E-state index is 11.2. The van der Waals surface area contributed by atoms with Gasteiger partial charge >= 0.3 is 0 Å². The zero-order chi connectivity index (χ0) is 15.4. The van der Waals surface area contributed by atoms with Crippen molar-refractivity contribution in [1.29, 1.82) is 0 Å². The molecule has 114 valence electrons. The summed E-state index contributed by atoms with van der Waals surface area (Å²) in [6.07, 6.45) is 6.54. The van der Waals surface area contributed by atoms with Crippen LogP contribution in [-0.2, 0) is 9.59 Å². The highest BCUT2D eigenvalue weighted by molar-refractivity contribution is 7.80. The fourth-order valence-corrected chi connectivity index (χ4v) is 1.91. The molecule has 0 radical (unpaired) electrons. The lowest BCUT2D eigenvalue weighted by atomic mass is 10.1. The highest BCUT2D eigenvalue weighted by Crippen LogP contribution is 2.08. The molecule has 0 saturated heterocycles. The first kappa shape index (κ1) is 18.7. The fourth-order valence-electron chi connectivity index (χ4n) is 1.68. The van der Waals surface area contributed by atoms with Gasteiger partial charge in [0.1, 0.15) is 0 Å². The van der Waals surface area contributed by atoms with Gasteiger partial charge in [0.2, 0.25) is 11.8 Å². The molecule has 0 rings (SSSR count). The van der Waals surface area contributed by atoms with E-state index in [1.807, 2.05) is 0 Å². The number of carbonyl (C=O) groups excluding carboxylic acids is 2. The van der Waals surface area contributed by atoms with E-state index in [1.54, 1.807) is 0 Å². The van der Waals surface area contributed by atoms with E-state index in [1.165, 1.54) is 0 Å². The molecule has 0 aromatic heterocycles. The van der Waals surface area contributed by atoms with Crippen molar-refractivity contribution in [2.24, 2.45) is 11.5 Å². The van der Waals surface area contributed by atoms with Gasteiger partial charge in [0.05, 0.1) is 0 Å². The van der Waals surface area contributed by atoms with Gasteiger partial charge < -0.3 is 22.1 Å². The highest BCUT2D eigenvalue weighted by atomic mass is 32.1. The Labute approximate surface area is 130 Å². The summed E-state index contributed by atoms with van der Waals surface area (Å²) >= 11 is 9.13. The number of rotatable bonds is 9. The van der Waals surface area contributed by atoms with E-state index in [0.29, 0.717) is 12.8 Å². The van der Waals surface area contributed by atoms with Crippen LogP contribution in [0.3, 0.4) is 0 Å². The monoisotopic (exact) mass is 318 g/mol. The second-order valence-electron chi connectivity index (χ2n) is 4.45. The van der Waals surface area contributed by atoms with Crippen molar-refractivity contribution in [2.45, 2.75) is 51.4 Å². The van der Waals surface area contributed by atoms with E-state index >= 15 is 0 Å². The molecule has 0 atom stereocenters. The SMILES string of the molecule is NC(=S)NC(=O)CCCCCCCCC(=O)NC(N)=S. The molecular weight excluding hydrogens is 296 g/mol. The minimum absolute atomic E-state index is 0.0187. The molecule has 8 heteroatoms. The van der Waals surface area contributed by atoms with Crippen LogP contribution in [0.4, 0.5) is 0 Å². The van der Waals surface area contributed by atoms with Crippen LogP contribution in [-0.4, -0.2) is 22.0 Å². The highest BCUT2D eigenvalue weighted by Gasteiger charge is 2.03. The third kappa shape index (κ3) is 13.2. The summed E-state index contributed by atoms with van der Waals surface area (Å²) in [5.74, 6) is -0.265. The number of nitrogens with two attached hydrogens (primary N) is 2. The quantitative estimate of drug-likeness (QED) is 0.370. The lowest BCUT2D eigenvalue weighted by molar-refractivity contribution is -0.120. The Morgan fingerprint density at radius 1 is 0.700 bits per heavy atom. The number of thiocarbonyl (C=S) groups is 2. The summed E-state index contributed by atoms with van der Waals surface area (Å²) in [4.78, 5) is 22.4. The summed E-state index contributed by atoms with van der Waals surface area (Å²) in [7, 11) is 0. The zero-order valence-electron chi connectivity index (χ0n) is 11.4. The Bertz CT molecular complexity index is 327. The number of unbranched alkanes of at least 4 members (excludes halogenated alkanes) is 5. The lowest BCUT2D eigenvalue weighted by Gasteiger charge is -2.04. The second kappa shape index (κ2) is 11.5. The number of nitrogens with one attached hydrogen (secondary N) is 2. The van der Waals surface area contributed by atoms with Crippen LogP contribution >= 0.6 is 24.4 Å². The van der Waals surface area contributed by atoms with E-state index in [4.69, 9.17) is 11.5 Å². The van der Waals surface area contributed by atoms with Crippen molar-refractivity contribution in [2.75, 3.05) is 0 Å². The van der Waals surface area contributed by atoms with Crippen LogP contribution in [0, 0.1) is 0 Å². The Morgan fingerprint density at radius 2 is 1.00 bits per heavy atom. The first-order valence-electron chi connectivity index (χ1n) is 6.60. The number of hydrogen-bond acceptors (Lipinski definition) is 4. The molecule has 2 amide bonds. The van der Waals surface area contributed by atoms with Gasteiger partial charge in [0.25, 0.3) is 0 Å². The van der Waals surface area contributed by atoms with Crippen LogP contribution in [0.25, 0.3) is 0 Å². The Balaban J connectivity index is 3.33. The summed E-state index contributed by atoms with van der Waals surface area (Å²) < 4.78 is 0. The topological polar surface area (TPSA) is 110 Å². The van der Waals surface area contributed by atoms with Gasteiger partial charge in [0, 0.05) is 12.8 Å². The maximum absolute atomic E-state index is 11.2. The van der Waals surface area contributed by atoms with Crippen molar-refractivity contribution in [1.82, 2.24) is 10.6 Å². The molecule has 0 bridgehead atoms. The van der Waals surface area contributed by atoms with Crippen LogP contribution < -0.4 is 22.1 Å². The largest absolute Gasteiger partial charge is 0.376 e. The smallest absolute Gasteiger partial charge is 0.226 e. The average molecular weight is 318 g/mol. The van der Waals surface area contributed by atoms with E-state index in [9.17, 15) is 9.59 Å². The molecule has 20 heavy (non-hydrogen) atoms. The van der Waals surface area contributed by atoms with Crippen LogP contribution in [0.1, 0.15) is 51.4 Å². The van der Waals surface area contributed by atoms with E-state index in [-0.39, 0.29) is 22.0 Å². The van der Waals surface area contributed by atoms with Crippen molar-refractivity contribution in [3.05, 3.63) is 0 Å². The number of amides is 2. The fraction of sp³-hybridized carbons (Fsp3) is 0.667. The van der Waals surface area contributed by atoms with Gasteiger partial charge in [-0.2, -0.15) is 0 Å². The molecule has 0 aliphatic rings. The van der Waals surface area contributed by atoms with Crippen molar-refractivity contribution >= 4 is 46.5 Å². The molecule has 0 aromatic rings. The Hall–Kier alpha value is -1.28. The van der Waals surface area contributed by atoms with Crippen molar-refractivity contribution in [3.8, 4) is 0 Å². The standard InChI is InChI=1S/C12H22N4O2S2/c13-11(19)15-9(17)7-5-3-1-2-4-6-8-10(18)16-12(14)20/h1-8H2,(H3,13,15,17,19)(H3,14,16,18,20). The van der Waals surface area contributed by atoms with E-state index in [2.05, 4.69) is 35.1 Å². The summed E-state index contributed by atoms with van der Waals surface area (Å²) in [6.45, 7) is 0. The zero-order valence-corrected chi connectivity index (χ0v) is 13.1. The van der Waals surface area contributed by atoms with Gasteiger partial charge in [-0.3, -0.25) is 9.59 Å². The normalized spacial score (nSPS) is 9.80. The van der Waals surface area contributed by atoms with Crippen LogP contribution in [0.5, 0.6) is 0 Å². The van der Waals surface area contributed by atoms with Gasteiger partial charge in [-0.15, -0.1) is 0 Å². The van der Waals surface area contributed by atoms with Crippen LogP contribution in [0.2, 0.25) is 0 Å². The van der Waals surface area contributed by atoms with E-state index in [0.717, 1.165) is 38.5 Å². The molecule has 0 aliphatic carbocycles. The van der Waals surface area contributed by atoms with Gasteiger partial charge in [-0.05, 0) is 37.3 Å². The Morgan fingerprint density at radius 3 is 1.30 bits per heavy atom. The molecule has 6 nitrogen and oxygen atoms in total. The minimum atomic E-state index is -0.132. The molecule has 0 spiro atoms. The number of hydrogen-bond donors (Lipinski definition) is 4. The van der Waals surface area contributed by atoms with Crippen molar-refractivity contribution < 1.29 is 9.59 Å². The molecular formula is C12H22N4O2S2. The summed E-state index contributed by atoms with van der Waals surface area (Å²) in [6, 6.07) is 0. The predicted octanol–water partition coefficient (Wildman–Crippen LogP) is 0.827. The molecule has 0 fully saturated rings. The second-order valence-corrected chi connectivity index (χ2v) is 5.33. The van der Waals surface area contributed by atoms with Gasteiger partial charge in [-0.1, -0.05) is 25.7 Å². The van der Waals surface area contributed by atoms with Crippen molar-refractivity contribution in [3.63, 3.8) is 0 Å². The maximum Gasteiger partial charge on any atom is 0.226 e. The Kier molecular flexibility index (Phi) is 10.8. The molecule has 0 aliphatic heterocycles. The first-order chi connectivity index (χ1) is 9.41. The van der Waals surface area contributed by atoms with Gasteiger partial charge in [0.15, 0.2) is 10.2 Å². The molecule has 0 saturated carbocycles. The number of carbonyl (C=O) groups is 2. The predicted molar refractivity (Wildman–Crippen MR) is 86.8 cm³/mol.